The Bertz CT molecular complexity index is 1150. The third-order valence-corrected chi connectivity index (χ3v) is 4.79. The van der Waals surface area contributed by atoms with E-state index in [9.17, 15) is 9.59 Å². The van der Waals surface area contributed by atoms with E-state index in [0.717, 1.165) is 4.47 Å². The van der Waals surface area contributed by atoms with Crippen molar-refractivity contribution in [3.63, 3.8) is 0 Å². The lowest BCUT2D eigenvalue weighted by Gasteiger charge is -2.11. The SMILES string of the molecule is COc1ccc(C(=O)Oc2ccc(Br)cc2/C=N/NC(=O)COc2ccccc2)cc1OC. The van der Waals surface area contributed by atoms with E-state index in [-0.39, 0.29) is 17.9 Å². The minimum absolute atomic E-state index is 0.193. The number of carbonyl (C=O) groups is 2. The summed E-state index contributed by atoms with van der Waals surface area (Å²) in [4.78, 5) is 24.6. The molecule has 33 heavy (non-hydrogen) atoms. The van der Waals surface area contributed by atoms with Crippen molar-refractivity contribution in [1.82, 2.24) is 5.43 Å². The van der Waals surface area contributed by atoms with Gasteiger partial charge in [-0.15, -0.1) is 0 Å². The van der Waals surface area contributed by atoms with Crippen LogP contribution in [-0.4, -0.2) is 38.9 Å². The van der Waals surface area contributed by atoms with Crippen molar-refractivity contribution in [1.29, 1.82) is 0 Å². The molecule has 9 heteroatoms. The molecular weight excluding hydrogens is 492 g/mol. The number of rotatable bonds is 9. The number of para-hydroxylation sites is 1. The second kappa shape index (κ2) is 11.7. The fraction of sp³-hybridized carbons (Fsp3) is 0.125. The number of esters is 1. The van der Waals surface area contributed by atoms with Gasteiger partial charge in [0.25, 0.3) is 5.91 Å². The fourth-order valence-electron chi connectivity index (χ4n) is 2.71. The molecule has 1 amide bonds. The molecule has 0 atom stereocenters. The van der Waals surface area contributed by atoms with Crippen LogP contribution in [0, 0.1) is 0 Å². The van der Waals surface area contributed by atoms with Gasteiger partial charge in [-0.3, -0.25) is 4.79 Å². The highest BCUT2D eigenvalue weighted by Crippen LogP contribution is 2.29. The van der Waals surface area contributed by atoms with Gasteiger partial charge in [0.1, 0.15) is 11.5 Å². The van der Waals surface area contributed by atoms with Gasteiger partial charge in [0.2, 0.25) is 0 Å². The molecule has 8 nitrogen and oxygen atoms in total. The first-order chi connectivity index (χ1) is 16.0. The Morgan fingerprint density at radius 2 is 1.67 bits per heavy atom. The Hall–Kier alpha value is -3.85. The molecule has 1 N–H and O–H groups in total. The quantitative estimate of drug-likeness (QED) is 0.199. The summed E-state index contributed by atoms with van der Waals surface area (Å²) in [5.41, 5.74) is 3.14. The smallest absolute Gasteiger partial charge is 0.343 e. The van der Waals surface area contributed by atoms with Gasteiger partial charge in [-0.25, -0.2) is 10.2 Å². The summed E-state index contributed by atoms with van der Waals surface area (Å²) < 4.78 is 22.1. The number of hydrogen-bond donors (Lipinski definition) is 1. The van der Waals surface area contributed by atoms with Gasteiger partial charge in [0.05, 0.1) is 26.0 Å². The van der Waals surface area contributed by atoms with E-state index < -0.39 is 11.9 Å². The number of carbonyl (C=O) groups excluding carboxylic acids is 2. The van der Waals surface area contributed by atoms with Crippen LogP contribution in [-0.2, 0) is 4.79 Å². The maximum absolute atomic E-state index is 12.7. The van der Waals surface area contributed by atoms with E-state index in [1.54, 1.807) is 42.5 Å². The second-order valence-electron chi connectivity index (χ2n) is 6.54. The Morgan fingerprint density at radius 3 is 2.39 bits per heavy atom. The Balaban J connectivity index is 1.66. The van der Waals surface area contributed by atoms with Crippen molar-refractivity contribution in [3.05, 3.63) is 82.3 Å². The van der Waals surface area contributed by atoms with Gasteiger partial charge < -0.3 is 18.9 Å². The lowest BCUT2D eigenvalue weighted by molar-refractivity contribution is -0.123. The molecule has 3 aromatic carbocycles. The van der Waals surface area contributed by atoms with E-state index in [2.05, 4.69) is 26.5 Å². The van der Waals surface area contributed by atoms with E-state index in [1.165, 1.54) is 26.5 Å². The predicted molar refractivity (Wildman–Crippen MR) is 126 cm³/mol. The number of halogens is 1. The van der Waals surface area contributed by atoms with E-state index >= 15 is 0 Å². The minimum Gasteiger partial charge on any atom is -0.493 e. The van der Waals surface area contributed by atoms with E-state index in [4.69, 9.17) is 18.9 Å². The summed E-state index contributed by atoms with van der Waals surface area (Å²) in [5.74, 6) is 0.717. The van der Waals surface area contributed by atoms with Crippen LogP contribution in [0.15, 0.2) is 76.3 Å². The molecule has 3 rings (SSSR count). The zero-order valence-corrected chi connectivity index (χ0v) is 19.5. The van der Waals surface area contributed by atoms with E-state index in [1.807, 2.05) is 18.2 Å². The van der Waals surface area contributed by atoms with Gasteiger partial charge in [0, 0.05) is 10.0 Å². The van der Waals surface area contributed by atoms with Crippen LogP contribution < -0.4 is 24.4 Å². The molecule has 0 heterocycles. The summed E-state index contributed by atoms with van der Waals surface area (Å²) in [5, 5.41) is 3.93. The highest BCUT2D eigenvalue weighted by atomic mass is 79.9. The number of nitrogens with zero attached hydrogens (tertiary/aromatic N) is 1. The molecule has 0 aliphatic carbocycles. The van der Waals surface area contributed by atoms with Gasteiger partial charge in [0.15, 0.2) is 18.1 Å². The van der Waals surface area contributed by atoms with Crippen LogP contribution in [0.5, 0.6) is 23.0 Å². The topological polar surface area (TPSA) is 95.5 Å². The maximum atomic E-state index is 12.7. The molecule has 0 fully saturated rings. The van der Waals surface area contributed by atoms with Crippen LogP contribution in [0.2, 0.25) is 0 Å². The monoisotopic (exact) mass is 512 g/mol. The van der Waals surface area contributed by atoms with Gasteiger partial charge in [-0.1, -0.05) is 34.1 Å². The van der Waals surface area contributed by atoms with E-state index in [0.29, 0.717) is 22.8 Å². The highest BCUT2D eigenvalue weighted by molar-refractivity contribution is 9.10. The average molecular weight is 513 g/mol. The van der Waals surface area contributed by atoms with Crippen LogP contribution in [0.3, 0.4) is 0 Å². The Labute approximate surface area is 199 Å². The molecule has 0 radical (unpaired) electrons. The van der Waals surface area contributed by atoms with Crippen LogP contribution >= 0.6 is 15.9 Å². The van der Waals surface area contributed by atoms with Crippen molar-refractivity contribution in [2.45, 2.75) is 0 Å². The molecule has 0 aromatic heterocycles. The Kier molecular flexibility index (Phi) is 8.43. The summed E-state index contributed by atoms with van der Waals surface area (Å²) in [6.07, 6.45) is 1.38. The zero-order valence-electron chi connectivity index (χ0n) is 17.9. The first kappa shape index (κ1) is 23.8. The standard InChI is InChI=1S/C24H21BrN2O6/c1-30-21-10-8-16(13-22(21)31-2)24(29)33-20-11-9-18(25)12-17(20)14-26-27-23(28)15-32-19-6-4-3-5-7-19/h3-14H,15H2,1-2H3,(H,27,28)/b26-14+. The van der Waals surface area contributed by atoms with Crippen LogP contribution in [0.1, 0.15) is 15.9 Å². The fourth-order valence-corrected chi connectivity index (χ4v) is 3.09. The lowest BCUT2D eigenvalue weighted by atomic mass is 10.2. The number of ether oxygens (including phenoxy) is 4. The van der Waals surface area contributed by atoms with Gasteiger partial charge in [-0.2, -0.15) is 5.10 Å². The molecule has 0 bridgehead atoms. The lowest BCUT2D eigenvalue weighted by Crippen LogP contribution is -2.24. The molecule has 0 aliphatic heterocycles. The van der Waals surface area contributed by atoms with Crippen molar-refractivity contribution < 1.29 is 28.5 Å². The number of amides is 1. The number of hydrazone groups is 1. The first-order valence-electron chi connectivity index (χ1n) is 9.73. The molecule has 0 saturated heterocycles. The molecular formula is C24H21BrN2O6. The van der Waals surface area contributed by atoms with Gasteiger partial charge in [-0.05, 0) is 48.5 Å². The average Bonchev–Trinajstić information content (AvgIpc) is 2.84. The molecule has 0 aliphatic rings. The zero-order chi connectivity index (χ0) is 23.6. The van der Waals surface area contributed by atoms with Crippen molar-refractivity contribution in [3.8, 4) is 23.0 Å². The van der Waals surface area contributed by atoms with Crippen molar-refractivity contribution in [2.75, 3.05) is 20.8 Å². The van der Waals surface area contributed by atoms with Crippen LogP contribution in [0.4, 0.5) is 0 Å². The summed E-state index contributed by atoms with van der Waals surface area (Å²) in [6, 6.07) is 18.7. The predicted octanol–water partition coefficient (Wildman–Crippen LogP) is 4.21. The maximum Gasteiger partial charge on any atom is 0.343 e. The molecule has 3 aromatic rings. The van der Waals surface area contributed by atoms with Crippen molar-refractivity contribution in [2.24, 2.45) is 5.10 Å². The Morgan fingerprint density at radius 1 is 0.939 bits per heavy atom. The summed E-state index contributed by atoms with van der Waals surface area (Å²) in [7, 11) is 2.99. The molecule has 0 unspecified atom stereocenters. The number of benzene rings is 3. The van der Waals surface area contributed by atoms with Crippen LogP contribution in [0.25, 0.3) is 0 Å². The normalized spacial score (nSPS) is 10.5. The third-order valence-electron chi connectivity index (χ3n) is 4.30. The highest BCUT2D eigenvalue weighted by Gasteiger charge is 2.15. The minimum atomic E-state index is -0.590. The largest absolute Gasteiger partial charge is 0.493 e. The molecule has 0 spiro atoms. The second-order valence-corrected chi connectivity index (χ2v) is 7.45. The first-order valence-corrected chi connectivity index (χ1v) is 10.5. The van der Waals surface area contributed by atoms with Crippen molar-refractivity contribution >= 4 is 34.0 Å². The summed E-state index contributed by atoms with van der Waals surface area (Å²) in [6.45, 7) is -0.193. The third kappa shape index (κ3) is 6.81. The summed E-state index contributed by atoms with van der Waals surface area (Å²) >= 11 is 3.37. The number of methoxy groups -OCH3 is 2. The molecule has 170 valence electrons. The molecule has 0 saturated carbocycles. The number of hydrogen-bond acceptors (Lipinski definition) is 7. The van der Waals surface area contributed by atoms with Gasteiger partial charge >= 0.3 is 5.97 Å². The number of nitrogens with one attached hydrogen (secondary N) is 1.